The number of carbonyl (C=O) groups excluding carboxylic acids is 1. The molecule has 0 bridgehead atoms. The van der Waals surface area contributed by atoms with Gasteiger partial charge < -0.3 is 10.2 Å². The number of amides is 1. The number of rotatable bonds is 6. The van der Waals surface area contributed by atoms with Gasteiger partial charge in [0.15, 0.2) is 0 Å². The molecule has 3 rings (SSSR count). The standard InChI is InChI=1S/C20H20N4O/c1-24(15-17-10-6-3-7-11-17)19-14-21-18(13-22-19)20(25)23-12-16-8-4-2-5-9-16/h2-11,13-14H,12,15H2,1H3,(H,23,25). The molecule has 126 valence electrons. The van der Waals surface area contributed by atoms with Gasteiger partial charge in [-0.05, 0) is 11.1 Å². The monoisotopic (exact) mass is 332 g/mol. The van der Waals surface area contributed by atoms with Crippen molar-refractivity contribution < 1.29 is 4.79 Å². The Bertz CT molecular complexity index is 804. The molecule has 2 aromatic carbocycles. The number of benzene rings is 2. The Morgan fingerprint density at radius 1 is 0.920 bits per heavy atom. The molecule has 0 atom stereocenters. The van der Waals surface area contributed by atoms with Gasteiger partial charge in [-0.15, -0.1) is 0 Å². The average molecular weight is 332 g/mol. The van der Waals surface area contributed by atoms with Crippen LogP contribution in [0.4, 0.5) is 5.82 Å². The van der Waals surface area contributed by atoms with Crippen molar-refractivity contribution in [1.82, 2.24) is 15.3 Å². The minimum absolute atomic E-state index is 0.228. The van der Waals surface area contributed by atoms with Gasteiger partial charge in [0.05, 0.1) is 12.4 Å². The van der Waals surface area contributed by atoms with Crippen LogP contribution in [0.5, 0.6) is 0 Å². The average Bonchev–Trinajstić information content (AvgIpc) is 2.68. The number of carbonyl (C=O) groups is 1. The van der Waals surface area contributed by atoms with Crippen molar-refractivity contribution in [3.63, 3.8) is 0 Å². The highest BCUT2D eigenvalue weighted by Crippen LogP contribution is 2.11. The zero-order valence-corrected chi connectivity index (χ0v) is 14.1. The summed E-state index contributed by atoms with van der Waals surface area (Å²) in [5.74, 6) is 0.497. The molecule has 0 spiro atoms. The Hall–Kier alpha value is -3.21. The molecule has 1 heterocycles. The molecule has 3 aromatic rings. The van der Waals surface area contributed by atoms with Crippen molar-refractivity contribution in [3.05, 3.63) is 89.9 Å². The Labute approximate surface area is 147 Å². The summed E-state index contributed by atoms with van der Waals surface area (Å²) in [5.41, 5.74) is 2.55. The van der Waals surface area contributed by atoms with E-state index in [1.165, 1.54) is 11.8 Å². The Morgan fingerprint density at radius 2 is 1.56 bits per heavy atom. The number of aromatic nitrogens is 2. The third-order valence-corrected chi connectivity index (χ3v) is 3.82. The maximum Gasteiger partial charge on any atom is 0.271 e. The summed E-state index contributed by atoms with van der Waals surface area (Å²) >= 11 is 0. The molecule has 0 aliphatic heterocycles. The van der Waals surface area contributed by atoms with Crippen LogP contribution in [0, 0.1) is 0 Å². The minimum Gasteiger partial charge on any atom is -0.354 e. The maximum atomic E-state index is 12.2. The van der Waals surface area contributed by atoms with Crippen molar-refractivity contribution in [2.75, 3.05) is 11.9 Å². The first kappa shape index (κ1) is 16.6. The molecule has 0 saturated heterocycles. The summed E-state index contributed by atoms with van der Waals surface area (Å²) in [7, 11) is 1.95. The van der Waals surface area contributed by atoms with Gasteiger partial charge in [0.1, 0.15) is 11.5 Å². The predicted molar refractivity (Wildman–Crippen MR) is 98.2 cm³/mol. The van der Waals surface area contributed by atoms with E-state index >= 15 is 0 Å². The van der Waals surface area contributed by atoms with Crippen LogP contribution in [-0.2, 0) is 13.1 Å². The van der Waals surface area contributed by atoms with E-state index in [9.17, 15) is 4.79 Å². The van der Waals surface area contributed by atoms with Gasteiger partial charge in [-0.25, -0.2) is 9.97 Å². The third kappa shape index (κ3) is 4.64. The van der Waals surface area contributed by atoms with Gasteiger partial charge in [0.2, 0.25) is 0 Å². The fourth-order valence-corrected chi connectivity index (χ4v) is 2.44. The summed E-state index contributed by atoms with van der Waals surface area (Å²) < 4.78 is 0. The largest absolute Gasteiger partial charge is 0.354 e. The highest BCUT2D eigenvalue weighted by atomic mass is 16.1. The highest BCUT2D eigenvalue weighted by molar-refractivity contribution is 5.91. The first-order chi connectivity index (χ1) is 12.2. The van der Waals surface area contributed by atoms with Crippen LogP contribution < -0.4 is 10.2 Å². The second-order valence-electron chi connectivity index (χ2n) is 5.77. The van der Waals surface area contributed by atoms with E-state index in [2.05, 4.69) is 27.4 Å². The first-order valence-corrected chi connectivity index (χ1v) is 8.11. The van der Waals surface area contributed by atoms with Gasteiger partial charge >= 0.3 is 0 Å². The van der Waals surface area contributed by atoms with E-state index in [1.807, 2.05) is 60.5 Å². The molecule has 0 saturated carbocycles. The van der Waals surface area contributed by atoms with E-state index in [1.54, 1.807) is 6.20 Å². The number of nitrogens with zero attached hydrogens (tertiary/aromatic N) is 3. The molecule has 1 amide bonds. The highest BCUT2D eigenvalue weighted by Gasteiger charge is 2.09. The van der Waals surface area contributed by atoms with Gasteiger partial charge in [0.25, 0.3) is 5.91 Å². The maximum absolute atomic E-state index is 12.2. The lowest BCUT2D eigenvalue weighted by Crippen LogP contribution is -2.24. The quantitative estimate of drug-likeness (QED) is 0.754. The predicted octanol–water partition coefficient (Wildman–Crippen LogP) is 3.04. The van der Waals surface area contributed by atoms with Crippen LogP contribution in [0.25, 0.3) is 0 Å². The second-order valence-corrected chi connectivity index (χ2v) is 5.77. The summed E-state index contributed by atoms with van der Waals surface area (Å²) in [6, 6.07) is 19.9. The molecular weight excluding hydrogens is 312 g/mol. The third-order valence-electron chi connectivity index (χ3n) is 3.82. The van der Waals surface area contributed by atoms with Crippen LogP contribution in [0.3, 0.4) is 0 Å². The molecule has 0 fully saturated rings. The SMILES string of the molecule is CN(Cc1ccccc1)c1cnc(C(=O)NCc2ccccc2)cn1. The molecule has 0 aliphatic rings. The second kappa shape index (κ2) is 8.06. The zero-order valence-electron chi connectivity index (χ0n) is 14.1. The minimum atomic E-state index is -0.228. The number of hydrogen-bond acceptors (Lipinski definition) is 4. The Morgan fingerprint density at radius 3 is 2.16 bits per heavy atom. The van der Waals surface area contributed by atoms with E-state index in [0.29, 0.717) is 12.2 Å². The number of anilines is 1. The van der Waals surface area contributed by atoms with Crippen LogP contribution in [0.15, 0.2) is 73.1 Å². The topological polar surface area (TPSA) is 58.1 Å². The lowest BCUT2D eigenvalue weighted by atomic mass is 10.2. The molecular formula is C20H20N4O. The Balaban J connectivity index is 1.58. The van der Waals surface area contributed by atoms with Gasteiger partial charge in [-0.2, -0.15) is 0 Å². The summed E-state index contributed by atoms with van der Waals surface area (Å²) in [4.78, 5) is 22.7. The van der Waals surface area contributed by atoms with E-state index in [4.69, 9.17) is 0 Å². The van der Waals surface area contributed by atoms with Gasteiger partial charge in [0, 0.05) is 20.1 Å². The summed E-state index contributed by atoms with van der Waals surface area (Å²) in [5, 5.41) is 2.85. The molecule has 25 heavy (non-hydrogen) atoms. The van der Waals surface area contributed by atoms with Crippen LogP contribution in [0.2, 0.25) is 0 Å². The van der Waals surface area contributed by atoms with Crippen LogP contribution in [-0.4, -0.2) is 22.9 Å². The van der Waals surface area contributed by atoms with E-state index in [0.717, 1.165) is 17.9 Å². The van der Waals surface area contributed by atoms with Gasteiger partial charge in [-0.1, -0.05) is 60.7 Å². The van der Waals surface area contributed by atoms with E-state index in [-0.39, 0.29) is 5.91 Å². The van der Waals surface area contributed by atoms with Gasteiger partial charge in [-0.3, -0.25) is 4.79 Å². The fourth-order valence-electron chi connectivity index (χ4n) is 2.44. The van der Waals surface area contributed by atoms with E-state index < -0.39 is 0 Å². The number of nitrogens with one attached hydrogen (secondary N) is 1. The lowest BCUT2D eigenvalue weighted by molar-refractivity contribution is 0.0945. The molecule has 5 heteroatoms. The van der Waals surface area contributed by atoms with Crippen molar-refractivity contribution in [2.24, 2.45) is 0 Å². The molecule has 5 nitrogen and oxygen atoms in total. The number of hydrogen-bond donors (Lipinski definition) is 1. The normalized spacial score (nSPS) is 10.3. The molecule has 1 N–H and O–H groups in total. The van der Waals surface area contributed by atoms with Crippen LogP contribution in [0.1, 0.15) is 21.6 Å². The molecule has 1 aromatic heterocycles. The lowest BCUT2D eigenvalue weighted by Gasteiger charge is -2.17. The van der Waals surface area contributed by atoms with Crippen molar-refractivity contribution in [3.8, 4) is 0 Å². The molecule has 0 aliphatic carbocycles. The smallest absolute Gasteiger partial charge is 0.271 e. The fraction of sp³-hybridized carbons (Fsp3) is 0.150. The van der Waals surface area contributed by atoms with Crippen molar-refractivity contribution in [2.45, 2.75) is 13.1 Å². The summed E-state index contributed by atoms with van der Waals surface area (Å²) in [6.45, 7) is 1.20. The molecule has 0 unspecified atom stereocenters. The van der Waals surface area contributed by atoms with Crippen LogP contribution >= 0.6 is 0 Å². The zero-order chi connectivity index (χ0) is 17.5. The van der Waals surface area contributed by atoms with Crippen molar-refractivity contribution in [1.29, 1.82) is 0 Å². The van der Waals surface area contributed by atoms with Crippen molar-refractivity contribution >= 4 is 11.7 Å². The Kier molecular flexibility index (Phi) is 5.36. The molecule has 0 radical (unpaired) electrons. The first-order valence-electron chi connectivity index (χ1n) is 8.11. The summed E-state index contributed by atoms with van der Waals surface area (Å²) in [6.07, 6.45) is 3.14.